The Labute approximate surface area is 94.7 Å². The Balaban J connectivity index is 1.87. The molecular weight excluding hydrogens is 212 g/mol. The van der Waals surface area contributed by atoms with Crippen LogP contribution < -0.4 is 5.32 Å². The summed E-state index contributed by atoms with van der Waals surface area (Å²) in [5, 5.41) is 5.60. The lowest BCUT2D eigenvalue weighted by molar-refractivity contribution is 0.427. The Bertz CT molecular complexity index is 218. The molecule has 1 saturated carbocycles. The first-order valence-electron chi connectivity index (χ1n) is 5.37. The zero-order valence-electron chi connectivity index (χ0n) is 8.66. The highest BCUT2D eigenvalue weighted by molar-refractivity contribution is 8.14. The van der Waals surface area contributed by atoms with E-state index in [1.807, 2.05) is 23.5 Å². The molecule has 14 heavy (non-hydrogen) atoms. The van der Waals surface area contributed by atoms with Gasteiger partial charge in [-0.1, -0.05) is 24.6 Å². The summed E-state index contributed by atoms with van der Waals surface area (Å²) >= 11 is 3.89. The molecule has 0 aromatic carbocycles. The van der Waals surface area contributed by atoms with Gasteiger partial charge in [0, 0.05) is 17.0 Å². The number of hydrogen-bond acceptors (Lipinski definition) is 4. The molecular formula is C10H18N2S2. The fourth-order valence-electron chi connectivity index (χ4n) is 2.13. The van der Waals surface area contributed by atoms with Gasteiger partial charge in [-0.3, -0.25) is 4.99 Å². The van der Waals surface area contributed by atoms with E-state index in [-0.39, 0.29) is 0 Å². The normalized spacial score (nSPS) is 32.8. The molecule has 0 bridgehead atoms. The second-order valence-electron chi connectivity index (χ2n) is 3.84. The van der Waals surface area contributed by atoms with Gasteiger partial charge in [0.2, 0.25) is 0 Å². The Morgan fingerprint density at radius 3 is 3.00 bits per heavy atom. The van der Waals surface area contributed by atoms with Gasteiger partial charge in [-0.25, -0.2) is 0 Å². The monoisotopic (exact) mass is 230 g/mol. The van der Waals surface area contributed by atoms with Crippen LogP contribution in [0.15, 0.2) is 4.99 Å². The van der Waals surface area contributed by atoms with Crippen molar-refractivity contribution in [1.82, 2.24) is 5.32 Å². The van der Waals surface area contributed by atoms with Gasteiger partial charge >= 0.3 is 0 Å². The maximum atomic E-state index is 4.46. The van der Waals surface area contributed by atoms with Crippen LogP contribution in [0.2, 0.25) is 0 Å². The van der Waals surface area contributed by atoms with Gasteiger partial charge in [0.25, 0.3) is 0 Å². The number of hydrogen-bond donors (Lipinski definition) is 1. The zero-order chi connectivity index (χ0) is 9.80. The predicted octanol–water partition coefficient (Wildman–Crippen LogP) is 2.35. The molecule has 1 heterocycles. The molecule has 1 N–H and O–H groups in total. The fourth-order valence-corrected chi connectivity index (χ4v) is 3.85. The molecule has 4 heteroatoms. The van der Waals surface area contributed by atoms with E-state index >= 15 is 0 Å². The Kier molecular flexibility index (Phi) is 4.05. The second kappa shape index (κ2) is 5.31. The predicted molar refractivity (Wildman–Crippen MR) is 67.5 cm³/mol. The van der Waals surface area contributed by atoms with E-state index in [2.05, 4.69) is 16.6 Å². The highest BCUT2D eigenvalue weighted by atomic mass is 32.2. The molecule has 0 radical (unpaired) electrons. The van der Waals surface area contributed by atoms with Crippen LogP contribution in [0.25, 0.3) is 0 Å². The van der Waals surface area contributed by atoms with E-state index in [0.717, 1.165) is 11.8 Å². The highest BCUT2D eigenvalue weighted by Gasteiger charge is 2.25. The molecule has 2 atom stereocenters. The molecule has 1 aliphatic heterocycles. The van der Waals surface area contributed by atoms with Crippen LogP contribution in [0.3, 0.4) is 0 Å². The van der Waals surface area contributed by atoms with Crippen molar-refractivity contribution in [3.63, 3.8) is 0 Å². The van der Waals surface area contributed by atoms with E-state index in [9.17, 15) is 0 Å². The van der Waals surface area contributed by atoms with Gasteiger partial charge in [-0.05, 0) is 19.1 Å². The van der Waals surface area contributed by atoms with Crippen molar-refractivity contribution in [2.75, 3.05) is 18.6 Å². The van der Waals surface area contributed by atoms with E-state index < -0.39 is 0 Å². The smallest absolute Gasteiger partial charge is 0.156 e. The minimum Gasteiger partial charge on any atom is -0.361 e. The number of rotatable bonds is 2. The third-order valence-electron chi connectivity index (χ3n) is 2.90. The molecule has 0 saturated heterocycles. The first-order valence-corrected chi connectivity index (χ1v) is 7.64. The van der Waals surface area contributed by atoms with E-state index in [1.54, 1.807) is 0 Å². The third kappa shape index (κ3) is 2.60. The first-order chi connectivity index (χ1) is 6.90. The largest absolute Gasteiger partial charge is 0.361 e. The van der Waals surface area contributed by atoms with Crippen LogP contribution in [0.5, 0.6) is 0 Å². The summed E-state index contributed by atoms with van der Waals surface area (Å²) in [7, 11) is 0. The summed E-state index contributed by atoms with van der Waals surface area (Å²) in [6.45, 7) is 1.00. The lowest BCUT2D eigenvalue weighted by Gasteiger charge is -2.31. The second-order valence-corrected chi connectivity index (χ2v) is 6.01. The van der Waals surface area contributed by atoms with Gasteiger partial charge < -0.3 is 5.32 Å². The molecule has 0 aromatic rings. The van der Waals surface area contributed by atoms with Crippen molar-refractivity contribution in [2.45, 2.75) is 37.0 Å². The van der Waals surface area contributed by atoms with Crippen LogP contribution in [-0.4, -0.2) is 35.0 Å². The lowest BCUT2D eigenvalue weighted by atomic mass is 9.95. The van der Waals surface area contributed by atoms with Crippen LogP contribution in [0.4, 0.5) is 0 Å². The average Bonchev–Trinajstić information content (AvgIpc) is 2.71. The minimum absolute atomic E-state index is 0.670. The Morgan fingerprint density at radius 2 is 2.29 bits per heavy atom. The van der Waals surface area contributed by atoms with Gasteiger partial charge in [-0.15, -0.1) is 0 Å². The average molecular weight is 230 g/mol. The lowest BCUT2D eigenvalue weighted by Crippen LogP contribution is -2.42. The van der Waals surface area contributed by atoms with Crippen molar-refractivity contribution in [3.05, 3.63) is 0 Å². The van der Waals surface area contributed by atoms with Crippen LogP contribution >= 0.6 is 23.5 Å². The molecule has 2 aliphatic rings. The fraction of sp³-hybridized carbons (Fsp3) is 0.900. The van der Waals surface area contributed by atoms with Crippen LogP contribution in [-0.2, 0) is 0 Å². The number of aliphatic imine (C=N–C) groups is 1. The summed E-state index contributed by atoms with van der Waals surface area (Å²) in [5.74, 6) is 1.17. The standard InChI is InChI=1S/C10H18N2S2/c1-13-9-5-3-2-4-8(9)12-10-11-6-7-14-10/h8-9H,2-7H2,1H3,(H,11,12). The van der Waals surface area contributed by atoms with Gasteiger partial charge in [0.15, 0.2) is 5.17 Å². The molecule has 2 nitrogen and oxygen atoms in total. The van der Waals surface area contributed by atoms with Gasteiger partial charge in [-0.2, -0.15) is 11.8 Å². The number of nitrogens with one attached hydrogen (secondary N) is 1. The molecule has 0 spiro atoms. The molecule has 0 amide bonds. The van der Waals surface area contributed by atoms with Gasteiger partial charge in [0.05, 0.1) is 6.54 Å². The zero-order valence-corrected chi connectivity index (χ0v) is 10.3. The molecule has 80 valence electrons. The highest BCUT2D eigenvalue weighted by Crippen LogP contribution is 2.28. The molecule has 1 fully saturated rings. The summed E-state index contributed by atoms with van der Waals surface area (Å²) in [6.07, 6.45) is 7.71. The summed E-state index contributed by atoms with van der Waals surface area (Å²) in [5.41, 5.74) is 0. The minimum atomic E-state index is 0.670. The quantitative estimate of drug-likeness (QED) is 0.788. The van der Waals surface area contributed by atoms with E-state index in [1.165, 1.54) is 36.6 Å². The van der Waals surface area contributed by atoms with Gasteiger partial charge in [0.1, 0.15) is 0 Å². The van der Waals surface area contributed by atoms with Crippen LogP contribution in [0, 0.1) is 0 Å². The summed E-state index contributed by atoms with van der Waals surface area (Å²) in [6, 6.07) is 0.670. The maximum Gasteiger partial charge on any atom is 0.156 e. The molecule has 1 aliphatic carbocycles. The molecule has 2 rings (SSSR count). The first kappa shape index (κ1) is 10.7. The van der Waals surface area contributed by atoms with Crippen molar-refractivity contribution in [1.29, 1.82) is 0 Å². The number of amidine groups is 1. The van der Waals surface area contributed by atoms with Crippen molar-refractivity contribution < 1.29 is 0 Å². The third-order valence-corrected chi connectivity index (χ3v) is 4.98. The van der Waals surface area contributed by atoms with Crippen molar-refractivity contribution >= 4 is 28.7 Å². The van der Waals surface area contributed by atoms with Crippen molar-refractivity contribution in [3.8, 4) is 0 Å². The Morgan fingerprint density at radius 1 is 1.43 bits per heavy atom. The van der Waals surface area contributed by atoms with E-state index in [0.29, 0.717) is 6.04 Å². The summed E-state index contributed by atoms with van der Waals surface area (Å²) < 4.78 is 0. The molecule has 0 aromatic heterocycles. The van der Waals surface area contributed by atoms with Crippen molar-refractivity contribution in [2.24, 2.45) is 4.99 Å². The van der Waals surface area contributed by atoms with E-state index in [4.69, 9.17) is 0 Å². The topological polar surface area (TPSA) is 24.4 Å². The maximum absolute atomic E-state index is 4.46. The number of nitrogens with zero attached hydrogens (tertiary/aromatic N) is 1. The summed E-state index contributed by atoms with van der Waals surface area (Å²) in [4.78, 5) is 4.46. The SMILES string of the molecule is CSC1CCCCC1NC1=NCCS1. The van der Waals surface area contributed by atoms with Crippen LogP contribution in [0.1, 0.15) is 25.7 Å². The number of thioether (sulfide) groups is 2. The molecule has 2 unspecified atom stereocenters. The Hall–Kier alpha value is 0.170.